The largest absolute Gasteiger partial charge is 0.484 e. The van der Waals surface area contributed by atoms with Crippen LogP contribution in [0.4, 0.5) is 5.69 Å². The fraction of sp³-hybridized carbons (Fsp3) is 0.300. The van der Waals surface area contributed by atoms with Gasteiger partial charge in [-0.05, 0) is 47.4 Å². The molecule has 0 bridgehead atoms. The molecule has 0 aromatic heterocycles. The van der Waals surface area contributed by atoms with Crippen LogP contribution in [0.15, 0.2) is 48.5 Å². The van der Waals surface area contributed by atoms with Crippen molar-refractivity contribution in [2.45, 2.75) is 26.2 Å². The van der Waals surface area contributed by atoms with Crippen LogP contribution in [0, 0.1) is 0 Å². The fourth-order valence-corrected chi connectivity index (χ4v) is 2.25. The highest BCUT2D eigenvalue weighted by Crippen LogP contribution is 2.24. The highest BCUT2D eigenvalue weighted by atomic mass is 16.5. The second kappa shape index (κ2) is 7.83. The van der Waals surface area contributed by atoms with Crippen LogP contribution in [0.3, 0.4) is 0 Å². The molecule has 5 nitrogen and oxygen atoms in total. The smallest absolute Gasteiger partial charge is 0.262 e. The van der Waals surface area contributed by atoms with E-state index in [4.69, 9.17) is 4.74 Å². The Morgan fingerprint density at radius 2 is 1.56 bits per heavy atom. The molecular formula is C20H24N2O3. The summed E-state index contributed by atoms with van der Waals surface area (Å²) < 4.78 is 5.51. The lowest BCUT2D eigenvalue weighted by molar-refractivity contribution is -0.118. The van der Waals surface area contributed by atoms with Gasteiger partial charge in [-0.2, -0.15) is 0 Å². The molecule has 0 spiro atoms. The number of hydrogen-bond donors (Lipinski definition) is 2. The van der Waals surface area contributed by atoms with Crippen LogP contribution in [0.5, 0.6) is 5.75 Å². The summed E-state index contributed by atoms with van der Waals surface area (Å²) in [7, 11) is 1.57. The third-order valence-corrected chi connectivity index (χ3v) is 3.75. The van der Waals surface area contributed by atoms with Crippen LogP contribution in [0.1, 0.15) is 36.7 Å². The summed E-state index contributed by atoms with van der Waals surface area (Å²) >= 11 is 0. The summed E-state index contributed by atoms with van der Waals surface area (Å²) in [5, 5.41) is 5.28. The minimum atomic E-state index is -0.257. The summed E-state index contributed by atoms with van der Waals surface area (Å²) in [6, 6.07) is 14.4. The average molecular weight is 340 g/mol. The number of nitrogens with one attached hydrogen (secondary N) is 2. The van der Waals surface area contributed by atoms with E-state index in [1.54, 1.807) is 31.3 Å². The maximum Gasteiger partial charge on any atom is 0.262 e. The molecule has 0 aliphatic heterocycles. The van der Waals surface area contributed by atoms with Crippen molar-refractivity contribution < 1.29 is 14.3 Å². The molecule has 0 saturated heterocycles. The monoisotopic (exact) mass is 340 g/mol. The lowest BCUT2D eigenvalue weighted by Crippen LogP contribution is -2.21. The van der Waals surface area contributed by atoms with E-state index in [1.807, 2.05) is 24.3 Å². The van der Waals surface area contributed by atoms with Crippen molar-refractivity contribution in [3.05, 3.63) is 59.7 Å². The van der Waals surface area contributed by atoms with E-state index >= 15 is 0 Å². The van der Waals surface area contributed by atoms with Crippen LogP contribution in [0.2, 0.25) is 0 Å². The van der Waals surface area contributed by atoms with Gasteiger partial charge in [0, 0.05) is 18.3 Å². The van der Waals surface area contributed by atoms with Crippen molar-refractivity contribution in [2.75, 3.05) is 19.0 Å². The van der Waals surface area contributed by atoms with Gasteiger partial charge in [-0.25, -0.2) is 0 Å². The van der Waals surface area contributed by atoms with E-state index in [0.717, 1.165) is 0 Å². The van der Waals surface area contributed by atoms with Crippen LogP contribution in [-0.2, 0) is 10.2 Å². The zero-order valence-electron chi connectivity index (χ0n) is 15.1. The highest BCUT2D eigenvalue weighted by molar-refractivity contribution is 5.95. The van der Waals surface area contributed by atoms with Crippen molar-refractivity contribution in [1.82, 2.24) is 5.32 Å². The van der Waals surface area contributed by atoms with Crippen LogP contribution in [-0.4, -0.2) is 25.5 Å². The Morgan fingerprint density at radius 1 is 0.960 bits per heavy atom. The first kappa shape index (κ1) is 18.5. The van der Waals surface area contributed by atoms with Gasteiger partial charge in [0.1, 0.15) is 5.75 Å². The Morgan fingerprint density at radius 3 is 2.08 bits per heavy atom. The van der Waals surface area contributed by atoms with Gasteiger partial charge >= 0.3 is 0 Å². The maximum atomic E-state index is 12.0. The Kier molecular flexibility index (Phi) is 5.80. The molecule has 25 heavy (non-hydrogen) atoms. The quantitative estimate of drug-likeness (QED) is 0.877. The lowest BCUT2D eigenvalue weighted by Gasteiger charge is -2.19. The van der Waals surface area contributed by atoms with Crippen molar-refractivity contribution in [3.8, 4) is 5.75 Å². The molecule has 2 amide bonds. The van der Waals surface area contributed by atoms with Gasteiger partial charge in [0.15, 0.2) is 6.61 Å². The molecule has 0 aliphatic carbocycles. The molecular weight excluding hydrogens is 316 g/mol. The Bertz CT molecular complexity index is 729. The van der Waals surface area contributed by atoms with Crippen molar-refractivity contribution in [2.24, 2.45) is 0 Å². The minimum absolute atomic E-state index is 0.0773. The fourth-order valence-electron chi connectivity index (χ4n) is 2.25. The standard InChI is InChI=1S/C20H24N2O3/c1-20(2,3)15-7-11-17(12-8-15)25-13-18(23)22-16-9-5-14(6-10-16)19(24)21-4/h5-12H,13H2,1-4H3,(H,21,24)(H,22,23). The summed E-state index contributed by atoms with van der Waals surface area (Å²) in [5.74, 6) is 0.227. The van der Waals surface area contributed by atoms with Gasteiger partial charge in [0.05, 0.1) is 0 Å². The van der Waals surface area contributed by atoms with Gasteiger partial charge in [-0.1, -0.05) is 32.9 Å². The molecule has 0 atom stereocenters. The molecule has 0 radical (unpaired) electrons. The summed E-state index contributed by atoms with van der Waals surface area (Å²) in [5.41, 5.74) is 2.44. The molecule has 2 aromatic carbocycles. The number of amides is 2. The highest BCUT2D eigenvalue weighted by Gasteiger charge is 2.13. The van der Waals surface area contributed by atoms with Crippen molar-refractivity contribution in [1.29, 1.82) is 0 Å². The molecule has 132 valence electrons. The second-order valence-electron chi connectivity index (χ2n) is 6.77. The summed E-state index contributed by atoms with van der Waals surface area (Å²) in [4.78, 5) is 23.4. The number of hydrogen-bond acceptors (Lipinski definition) is 3. The lowest BCUT2D eigenvalue weighted by atomic mass is 9.87. The molecule has 0 heterocycles. The first-order valence-corrected chi connectivity index (χ1v) is 8.15. The molecule has 5 heteroatoms. The molecule has 0 unspecified atom stereocenters. The molecule has 2 aromatic rings. The topological polar surface area (TPSA) is 67.4 Å². The van der Waals surface area contributed by atoms with Crippen LogP contribution < -0.4 is 15.4 Å². The number of carbonyl (C=O) groups excluding carboxylic acids is 2. The zero-order chi connectivity index (χ0) is 18.4. The molecule has 0 aliphatic rings. The predicted octanol–water partition coefficient (Wildman–Crippen LogP) is 3.36. The number of ether oxygens (including phenoxy) is 1. The Balaban J connectivity index is 1.87. The van der Waals surface area contributed by atoms with Gasteiger partial charge in [-0.3, -0.25) is 9.59 Å². The number of carbonyl (C=O) groups is 2. The van der Waals surface area contributed by atoms with Crippen molar-refractivity contribution in [3.63, 3.8) is 0 Å². The van der Waals surface area contributed by atoms with Crippen LogP contribution in [0.25, 0.3) is 0 Å². The van der Waals surface area contributed by atoms with Crippen LogP contribution >= 0.6 is 0 Å². The molecule has 2 rings (SSSR count). The van der Waals surface area contributed by atoms with E-state index in [-0.39, 0.29) is 23.8 Å². The predicted molar refractivity (Wildman–Crippen MR) is 99.1 cm³/mol. The summed E-state index contributed by atoms with van der Waals surface area (Å²) in [6.45, 7) is 6.36. The number of benzene rings is 2. The third-order valence-electron chi connectivity index (χ3n) is 3.75. The van der Waals surface area contributed by atoms with E-state index in [1.165, 1.54) is 5.56 Å². The maximum absolute atomic E-state index is 12.0. The van der Waals surface area contributed by atoms with Gasteiger partial charge < -0.3 is 15.4 Å². The SMILES string of the molecule is CNC(=O)c1ccc(NC(=O)COc2ccc(C(C)(C)C)cc2)cc1. The molecule has 2 N–H and O–H groups in total. The molecule has 0 fully saturated rings. The average Bonchev–Trinajstić information content (AvgIpc) is 2.59. The Hall–Kier alpha value is -2.82. The molecule has 0 saturated carbocycles. The van der Waals surface area contributed by atoms with E-state index < -0.39 is 0 Å². The van der Waals surface area contributed by atoms with Gasteiger partial charge in [0.2, 0.25) is 0 Å². The Labute approximate surface area is 148 Å². The first-order chi connectivity index (χ1) is 11.8. The minimum Gasteiger partial charge on any atom is -0.484 e. The van der Waals surface area contributed by atoms with Gasteiger partial charge in [-0.15, -0.1) is 0 Å². The first-order valence-electron chi connectivity index (χ1n) is 8.15. The third kappa shape index (κ3) is 5.35. The summed E-state index contributed by atoms with van der Waals surface area (Å²) in [6.07, 6.45) is 0. The van der Waals surface area contributed by atoms with Gasteiger partial charge in [0.25, 0.3) is 11.8 Å². The van der Waals surface area contributed by atoms with E-state index in [2.05, 4.69) is 31.4 Å². The zero-order valence-corrected chi connectivity index (χ0v) is 15.1. The normalized spacial score (nSPS) is 10.9. The number of rotatable bonds is 5. The number of anilines is 1. The van der Waals surface area contributed by atoms with Crippen molar-refractivity contribution >= 4 is 17.5 Å². The van der Waals surface area contributed by atoms with E-state index in [0.29, 0.717) is 17.0 Å². The second-order valence-corrected chi connectivity index (χ2v) is 6.77. The van der Waals surface area contributed by atoms with E-state index in [9.17, 15) is 9.59 Å².